The van der Waals surface area contributed by atoms with Crippen LogP contribution in [0, 0.1) is 0 Å². The topological polar surface area (TPSA) is 72.3 Å². The molecule has 0 spiro atoms. The third kappa shape index (κ3) is 3.08. The maximum atomic E-state index is 9.93. The van der Waals surface area contributed by atoms with Crippen molar-refractivity contribution in [1.29, 1.82) is 0 Å². The van der Waals surface area contributed by atoms with Gasteiger partial charge in [0.05, 0.1) is 0 Å². The van der Waals surface area contributed by atoms with Crippen LogP contribution in [-0.4, -0.2) is 17.8 Å². The number of nitrogens with two attached hydrogens (primary N) is 2. The molecule has 0 amide bonds. The average Bonchev–Trinajstić information content (AvgIpc) is 2.21. The molecule has 0 aromatic rings. The summed E-state index contributed by atoms with van der Waals surface area (Å²) in [7, 11) is 0. The molecule has 0 radical (unpaired) electrons. The summed E-state index contributed by atoms with van der Waals surface area (Å²) in [6, 6.07) is 0. The van der Waals surface area contributed by atoms with Gasteiger partial charge in [-0.25, -0.2) is 0 Å². The number of hydrogen-bond donors (Lipinski definition) is 3. The van der Waals surface area contributed by atoms with Gasteiger partial charge in [-0.3, -0.25) is 0 Å². The second kappa shape index (κ2) is 5.53. The SMILES string of the molecule is CC=C1C=CC=C(C=C(N)CCN)C1O. The van der Waals surface area contributed by atoms with Crippen LogP contribution in [0.4, 0.5) is 0 Å². The first kappa shape index (κ1) is 11.8. The molecule has 1 atom stereocenters. The summed E-state index contributed by atoms with van der Waals surface area (Å²) in [5.41, 5.74) is 13.6. The lowest BCUT2D eigenvalue weighted by atomic mass is 9.95. The van der Waals surface area contributed by atoms with Crippen LogP contribution in [0.15, 0.2) is 47.2 Å². The van der Waals surface area contributed by atoms with Crippen molar-refractivity contribution < 1.29 is 5.11 Å². The smallest absolute Gasteiger partial charge is 0.104 e. The summed E-state index contributed by atoms with van der Waals surface area (Å²) in [5.74, 6) is 0. The van der Waals surface area contributed by atoms with Crippen molar-refractivity contribution in [3.63, 3.8) is 0 Å². The average molecular weight is 206 g/mol. The highest BCUT2D eigenvalue weighted by Crippen LogP contribution is 2.20. The molecule has 0 aliphatic heterocycles. The van der Waals surface area contributed by atoms with Crippen LogP contribution in [0.25, 0.3) is 0 Å². The fourth-order valence-electron chi connectivity index (χ4n) is 1.48. The van der Waals surface area contributed by atoms with E-state index in [1.165, 1.54) is 0 Å². The van der Waals surface area contributed by atoms with Gasteiger partial charge < -0.3 is 16.6 Å². The molecular weight excluding hydrogens is 188 g/mol. The lowest BCUT2D eigenvalue weighted by Gasteiger charge is -2.17. The lowest BCUT2D eigenvalue weighted by molar-refractivity contribution is 0.253. The van der Waals surface area contributed by atoms with E-state index < -0.39 is 6.10 Å². The van der Waals surface area contributed by atoms with E-state index >= 15 is 0 Å². The molecular formula is C12H18N2O. The van der Waals surface area contributed by atoms with E-state index in [9.17, 15) is 5.11 Å². The normalized spacial score (nSPS) is 24.5. The van der Waals surface area contributed by atoms with E-state index in [1.54, 1.807) is 6.08 Å². The molecule has 1 unspecified atom stereocenters. The van der Waals surface area contributed by atoms with Gasteiger partial charge in [-0.2, -0.15) is 0 Å². The molecule has 0 aromatic heterocycles. The van der Waals surface area contributed by atoms with Crippen LogP contribution >= 0.6 is 0 Å². The van der Waals surface area contributed by atoms with Crippen LogP contribution in [0.5, 0.6) is 0 Å². The van der Waals surface area contributed by atoms with E-state index in [0.717, 1.165) is 11.1 Å². The van der Waals surface area contributed by atoms with Crippen LogP contribution in [0.1, 0.15) is 13.3 Å². The maximum Gasteiger partial charge on any atom is 0.104 e. The van der Waals surface area contributed by atoms with Crippen molar-refractivity contribution >= 4 is 0 Å². The Balaban J connectivity index is 2.83. The molecule has 1 aliphatic rings. The molecule has 5 N–H and O–H groups in total. The second-order valence-corrected chi connectivity index (χ2v) is 3.47. The molecule has 0 aromatic carbocycles. The Hall–Kier alpha value is -1.32. The Labute approximate surface area is 90.5 Å². The van der Waals surface area contributed by atoms with Gasteiger partial charge in [0.15, 0.2) is 0 Å². The summed E-state index contributed by atoms with van der Waals surface area (Å²) in [4.78, 5) is 0. The van der Waals surface area contributed by atoms with E-state index in [0.29, 0.717) is 18.7 Å². The van der Waals surface area contributed by atoms with Crippen LogP contribution in [0.3, 0.4) is 0 Å². The molecule has 3 nitrogen and oxygen atoms in total. The maximum absolute atomic E-state index is 9.93. The highest BCUT2D eigenvalue weighted by molar-refractivity contribution is 5.44. The quantitative estimate of drug-likeness (QED) is 0.644. The monoisotopic (exact) mass is 206 g/mol. The summed E-state index contributed by atoms with van der Waals surface area (Å²) >= 11 is 0. The van der Waals surface area contributed by atoms with Crippen molar-refractivity contribution in [1.82, 2.24) is 0 Å². The summed E-state index contributed by atoms with van der Waals surface area (Å²) in [5, 5.41) is 9.93. The first-order chi connectivity index (χ1) is 7.19. The van der Waals surface area contributed by atoms with E-state index in [1.807, 2.05) is 31.2 Å². The molecule has 0 bridgehead atoms. The Morgan fingerprint density at radius 2 is 2.33 bits per heavy atom. The zero-order valence-electron chi connectivity index (χ0n) is 8.98. The lowest BCUT2D eigenvalue weighted by Crippen LogP contribution is -2.15. The zero-order valence-corrected chi connectivity index (χ0v) is 8.98. The summed E-state index contributed by atoms with van der Waals surface area (Å²) in [6.45, 7) is 2.43. The van der Waals surface area contributed by atoms with Crippen LogP contribution in [0.2, 0.25) is 0 Å². The van der Waals surface area contributed by atoms with E-state index in [2.05, 4.69) is 0 Å². The van der Waals surface area contributed by atoms with Crippen molar-refractivity contribution in [2.45, 2.75) is 19.4 Å². The molecule has 82 valence electrons. The Morgan fingerprint density at radius 3 is 2.93 bits per heavy atom. The summed E-state index contributed by atoms with van der Waals surface area (Å²) in [6.07, 6.45) is 9.42. The van der Waals surface area contributed by atoms with E-state index in [4.69, 9.17) is 11.5 Å². The Morgan fingerprint density at radius 1 is 1.60 bits per heavy atom. The van der Waals surface area contributed by atoms with Gasteiger partial charge in [-0.15, -0.1) is 0 Å². The van der Waals surface area contributed by atoms with Gasteiger partial charge >= 0.3 is 0 Å². The minimum Gasteiger partial charge on any atom is -0.402 e. The fourth-order valence-corrected chi connectivity index (χ4v) is 1.48. The Bertz CT molecular complexity index is 338. The molecule has 15 heavy (non-hydrogen) atoms. The fraction of sp³-hybridized carbons (Fsp3) is 0.333. The van der Waals surface area contributed by atoms with Gasteiger partial charge in [-0.1, -0.05) is 24.3 Å². The predicted molar refractivity (Wildman–Crippen MR) is 62.9 cm³/mol. The van der Waals surface area contributed by atoms with Crippen LogP contribution in [-0.2, 0) is 0 Å². The number of rotatable bonds is 3. The minimum absolute atomic E-state index is 0.526. The van der Waals surface area contributed by atoms with Gasteiger partial charge in [0, 0.05) is 5.70 Å². The van der Waals surface area contributed by atoms with Gasteiger partial charge in [0.2, 0.25) is 0 Å². The largest absolute Gasteiger partial charge is 0.402 e. The third-order valence-electron chi connectivity index (χ3n) is 2.33. The van der Waals surface area contributed by atoms with Gasteiger partial charge in [-0.05, 0) is 37.1 Å². The molecule has 0 saturated carbocycles. The standard InChI is InChI=1S/C12H18N2O/c1-2-9-4-3-5-10(12(9)15)8-11(14)6-7-13/h2-5,8,12,15H,6-7,13-14H2,1H3. The van der Waals surface area contributed by atoms with Crippen molar-refractivity contribution in [3.8, 4) is 0 Å². The van der Waals surface area contributed by atoms with Crippen molar-refractivity contribution in [3.05, 3.63) is 47.2 Å². The second-order valence-electron chi connectivity index (χ2n) is 3.47. The third-order valence-corrected chi connectivity index (χ3v) is 2.33. The minimum atomic E-state index is -0.573. The highest BCUT2D eigenvalue weighted by Gasteiger charge is 2.14. The van der Waals surface area contributed by atoms with Crippen molar-refractivity contribution in [2.75, 3.05) is 6.54 Å². The molecule has 0 fully saturated rings. The number of hydrogen-bond acceptors (Lipinski definition) is 3. The Kier molecular flexibility index (Phi) is 4.34. The first-order valence-corrected chi connectivity index (χ1v) is 5.07. The van der Waals surface area contributed by atoms with Gasteiger partial charge in [0.25, 0.3) is 0 Å². The summed E-state index contributed by atoms with van der Waals surface area (Å²) < 4.78 is 0. The predicted octanol–water partition coefficient (Wildman–Crippen LogP) is 0.981. The molecule has 0 saturated heterocycles. The first-order valence-electron chi connectivity index (χ1n) is 5.07. The van der Waals surface area contributed by atoms with Crippen molar-refractivity contribution in [2.24, 2.45) is 11.5 Å². The molecule has 0 heterocycles. The number of aliphatic hydroxyl groups excluding tert-OH is 1. The highest BCUT2D eigenvalue weighted by atomic mass is 16.3. The van der Waals surface area contributed by atoms with Crippen LogP contribution < -0.4 is 11.5 Å². The number of aliphatic hydroxyl groups is 1. The molecule has 3 heteroatoms. The number of allylic oxidation sites excluding steroid dienone is 3. The molecule has 1 rings (SSSR count). The zero-order chi connectivity index (χ0) is 11.3. The molecule has 1 aliphatic carbocycles. The van der Waals surface area contributed by atoms with E-state index in [-0.39, 0.29) is 0 Å². The van der Waals surface area contributed by atoms with Gasteiger partial charge in [0.1, 0.15) is 6.10 Å².